The molecule has 0 bridgehead atoms. The van der Waals surface area contributed by atoms with Gasteiger partial charge in [-0.25, -0.2) is 9.78 Å². The highest BCUT2D eigenvalue weighted by atomic mass is 32.2. The minimum Gasteiger partial charge on any atom is -0.477 e. The number of rotatable bonds is 4. The molecular formula is C16H19N3O4S2. The van der Waals surface area contributed by atoms with Gasteiger partial charge in [0.15, 0.2) is 5.16 Å². The zero-order valence-corrected chi connectivity index (χ0v) is 15.5. The number of carboxylic acids is 1. The number of nitrogens with zero attached hydrogens (tertiary/aromatic N) is 3. The van der Waals surface area contributed by atoms with Crippen LogP contribution in [0.3, 0.4) is 0 Å². The van der Waals surface area contributed by atoms with E-state index in [1.807, 2.05) is 13.1 Å². The van der Waals surface area contributed by atoms with Crippen LogP contribution in [0.5, 0.6) is 0 Å². The van der Waals surface area contributed by atoms with Gasteiger partial charge in [-0.2, -0.15) is 0 Å². The molecule has 3 aliphatic heterocycles. The van der Waals surface area contributed by atoms with E-state index in [2.05, 4.69) is 9.55 Å². The van der Waals surface area contributed by atoms with Crippen molar-refractivity contribution in [2.75, 3.05) is 5.75 Å². The highest BCUT2D eigenvalue weighted by Crippen LogP contribution is 2.52. The normalized spacial score (nSPS) is 32.3. The van der Waals surface area contributed by atoms with Crippen molar-refractivity contribution in [3.8, 4) is 0 Å². The fourth-order valence-electron chi connectivity index (χ4n) is 3.94. The molecule has 1 amide bonds. The van der Waals surface area contributed by atoms with Gasteiger partial charge in [0, 0.05) is 40.8 Å². The van der Waals surface area contributed by atoms with Crippen LogP contribution < -0.4 is 0 Å². The average molecular weight is 381 g/mol. The summed E-state index contributed by atoms with van der Waals surface area (Å²) in [6, 6.07) is -0.249. The molecule has 2 N–H and O–H groups in total. The molecule has 0 aromatic carbocycles. The average Bonchev–Trinajstić information content (AvgIpc) is 3.09. The van der Waals surface area contributed by atoms with Crippen molar-refractivity contribution < 1.29 is 19.8 Å². The molecule has 0 aliphatic carbocycles. The Morgan fingerprint density at radius 2 is 2.28 bits per heavy atom. The summed E-state index contributed by atoms with van der Waals surface area (Å²) in [5.74, 6) is -1.09. The second-order valence-electron chi connectivity index (χ2n) is 6.68. The van der Waals surface area contributed by atoms with Crippen LogP contribution in [0.15, 0.2) is 28.2 Å². The van der Waals surface area contributed by atoms with Gasteiger partial charge in [0.05, 0.1) is 18.1 Å². The van der Waals surface area contributed by atoms with Crippen LogP contribution in [0.1, 0.15) is 13.8 Å². The highest BCUT2D eigenvalue weighted by Gasteiger charge is 2.60. The molecule has 5 atom stereocenters. The molecule has 0 radical (unpaired) electrons. The fourth-order valence-corrected chi connectivity index (χ4v) is 6.54. The van der Waals surface area contributed by atoms with Gasteiger partial charge in [-0.3, -0.25) is 4.79 Å². The van der Waals surface area contributed by atoms with E-state index in [1.54, 1.807) is 36.6 Å². The number of β-lactam (4-membered cyclic amide) rings is 1. The number of thioether (sulfide) groups is 2. The third-order valence-corrected chi connectivity index (χ3v) is 7.93. The Morgan fingerprint density at radius 3 is 2.96 bits per heavy atom. The van der Waals surface area contributed by atoms with Crippen molar-refractivity contribution in [2.45, 2.75) is 42.9 Å². The van der Waals surface area contributed by atoms with E-state index in [0.717, 1.165) is 22.4 Å². The molecule has 1 aromatic heterocycles. The standard InChI is InChI=1S/C16H19N3O4S2/c1-7-11-10(8(2)20)14(21)19(11)12(15(22)23)13(7)25-9-5-18-4-3-17-16(18)24-6-9/h3-4,7-11,20H,5-6H2,1-2H3,(H,22,23)/t7-,8-,9?,10-,11-/m1/s1. The number of aromatic nitrogens is 2. The van der Waals surface area contributed by atoms with Gasteiger partial charge in [-0.15, -0.1) is 11.8 Å². The molecule has 25 heavy (non-hydrogen) atoms. The van der Waals surface area contributed by atoms with Gasteiger partial charge in [-0.1, -0.05) is 18.7 Å². The Hall–Kier alpha value is -1.45. The predicted octanol–water partition coefficient (Wildman–Crippen LogP) is 1.24. The third-order valence-electron chi connectivity index (χ3n) is 5.08. The molecule has 134 valence electrons. The van der Waals surface area contributed by atoms with E-state index < -0.39 is 18.0 Å². The SMILES string of the molecule is C[C@@H](O)[C@H]1C(=O)N2C(C(=O)O)=C(SC3CSc4nccn4C3)[C@H](C)[C@H]12. The van der Waals surface area contributed by atoms with Crippen LogP contribution in [0.2, 0.25) is 0 Å². The van der Waals surface area contributed by atoms with Gasteiger partial charge in [0.25, 0.3) is 0 Å². The van der Waals surface area contributed by atoms with Crippen LogP contribution in [0.25, 0.3) is 0 Å². The first-order valence-corrected chi connectivity index (χ1v) is 10.1. The van der Waals surface area contributed by atoms with Crippen molar-refractivity contribution in [1.82, 2.24) is 14.5 Å². The predicted molar refractivity (Wildman–Crippen MR) is 94.0 cm³/mol. The summed E-state index contributed by atoms with van der Waals surface area (Å²) >= 11 is 3.22. The van der Waals surface area contributed by atoms with Crippen molar-refractivity contribution >= 4 is 35.4 Å². The van der Waals surface area contributed by atoms with E-state index in [1.165, 1.54) is 4.90 Å². The lowest BCUT2D eigenvalue weighted by Crippen LogP contribution is -2.63. The maximum atomic E-state index is 12.4. The molecular weight excluding hydrogens is 362 g/mol. The Kier molecular flexibility index (Phi) is 4.12. The minimum atomic E-state index is -1.07. The molecule has 1 unspecified atom stereocenters. The number of carbonyl (C=O) groups excluding carboxylic acids is 1. The lowest BCUT2D eigenvalue weighted by molar-refractivity contribution is -0.163. The molecule has 4 heterocycles. The van der Waals surface area contributed by atoms with E-state index in [4.69, 9.17) is 0 Å². The first-order valence-electron chi connectivity index (χ1n) is 8.19. The van der Waals surface area contributed by atoms with E-state index in [0.29, 0.717) is 0 Å². The van der Waals surface area contributed by atoms with Crippen molar-refractivity contribution in [1.29, 1.82) is 0 Å². The molecule has 1 saturated heterocycles. The topological polar surface area (TPSA) is 95.7 Å². The Morgan fingerprint density at radius 1 is 1.52 bits per heavy atom. The number of aliphatic hydroxyl groups excluding tert-OH is 1. The van der Waals surface area contributed by atoms with Crippen LogP contribution in [-0.4, -0.2) is 59.7 Å². The smallest absolute Gasteiger partial charge is 0.353 e. The van der Waals surface area contributed by atoms with E-state index in [9.17, 15) is 19.8 Å². The number of carbonyl (C=O) groups is 2. The fraction of sp³-hybridized carbons (Fsp3) is 0.562. The highest BCUT2D eigenvalue weighted by molar-refractivity contribution is 8.05. The van der Waals surface area contributed by atoms with Crippen molar-refractivity contribution in [2.24, 2.45) is 11.8 Å². The zero-order valence-electron chi connectivity index (χ0n) is 13.8. The van der Waals surface area contributed by atoms with E-state index in [-0.39, 0.29) is 28.8 Å². The summed E-state index contributed by atoms with van der Waals surface area (Å²) < 4.78 is 2.07. The van der Waals surface area contributed by atoms with Gasteiger partial charge in [-0.05, 0) is 6.92 Å². The largest absolute Gasteiger partial charge is 0.477 e. The van der Waals surface area contributed by atoms with Crippen molar-refractivity contribution in [3.63, 3.8) is 0 Å². The third kappa shape index (κ3) is 2.51. The molecule has 0 spiro atoms. The second kappa shape index (κ2) is 6.07. The maximum absolute atomic E-state index is 12.4. The summed E-state index contributed by atoms with van der Waals surface area (Å²) in [4.78, 5) is 30.6. The molecule has 0 saturated carbocycles. The minimum absolute atomic E-state index is 0.0809. The summed E-state index contributed by atoms with van der Waals surface area (Å²) in [6.45, 7) is 4.32. The lowest BCUT2D eigenvalue weighted by Gasteiger charge is -2.46. The number of hydrogen-bond acceptors (Lipinski definition) is 6. The number of fused-ring (bicyclic) bond motifs is 2. The molecule has 3 aliphatic rings. The quantitative estimate of drug-likeness (QED) is 0.758. The van der Waals surface area contributed by atoms with Crippen LogP contribution in [0.4, 0.5) is 0 Å². The van der Waals surface area contributed by atoms with Crippen molar-refractivity contribution in [3.05, 3.63) is 23.0 Å². The molecule has 1 fully saturated rings. The van der Waals surface area contributed by atoms with Crippen LogP contribution in [-0.2, 0) is 16.1 Å². The van der Waals surface area contributed by atoms with Gasteiger partial charge >= 0.3 is 5.97 Å². The number of aliphatic hydroxyl groups is 1. The summed E-state index contributed by atoms with van der Waals surface area (Å²) in [5.41, 5.74) is 0.103. The van der Waals surface area contributed by atoms with Gasteiger partial charge in [0.1, 0.15) is 5.70 Å². The molecule has 1 aromatic rings. The Bertz CT molecular complexity index is 775. The second-order valence-corrected chi connectivity index (χ2v) is 9.01. The van der Waals surface area contributed by atoms with Crippen LogP contribution >= 0.6 is 23.5 Å². The molecule has 7 nitrogen and oxygen atoms in total. The lowest BCUT2D eigenvalue weighted by atomic mass is 9.79. The Balaban J connectivity index is 1.60. The maximum Gasteiger partial charge on any atom is 0.353 e. The molecule has 4 rings (SSSR count). The van der Waals surface area contributed by atoms with Gasteiger partial charge in [0.2, 0.25) is 5.91 Å². The molecule has 9 heteroatoms. The Labute approximate surface area is 153 Å². The first kappa shape index (κ1) is 17.0. The monoisotopic (exact) mass is 381 g/mol. The summed E-state index contributed by atoms with van der Waals surface area (Å²) in [7, 11) is 0. The van der Waals surface area contributed by atoms with Crippen LogP contribution in [0, 0.1) is 11.8 Å². The van der Waals surface area contributed by atoms with E-state index >= 15 is 0 Å². The first-order chi connectivity index (χ1) is 11.9. The van der Waals surface area contributed by atoms with Gasteiger partial charge < -0.3 is 19.7 Å². The summed E-state index contributed by atoms with van der Waals surface area (Å²) in [6.07, 6.45) is 2.93. The number of imidazole rings is 1. The number of carboxylic acid groups (broad SMARTS) is 1. The zero-order chi connectivity index (χ0) is 17.9. The number of hydrogen-bond donors (Lipinski definition) is 2. The summed E-state index contributed by atoms with van der Waals surface area (Å²) in [5, 5.41) is 20.8. The number of amides is 1. The number of aliphatic carboxylic acids is 1.